The van der Waals surface area contributed by atoms with E-state index in [0.29, 0.717) is 16.0 Å². The largest absolute Gasteiger partial charge is 0.324 e. The quantitative estimate of drug-likeness (QED) is 0.836. The zero-order chi connectivity index (χ0) is 10.7. The second kappa shape index (κ2) is 5.01. The van der Waals surface area contributed by atoms with Gasteiger partial charge in [0.2, 0.25) is 0 Å². The van der Waals surface area contributed by atoms with Gasteiger partial charge in [-0.15, -0.1) is 0 Å². The van der Waals surface area contributed by atoms with Crippen LogP contribution < -0.4 is 5.73 Å². The summed E-state index contributed by atoms with van der Waals surface area (Å²) in [6.07, 6.45) is 0.892. The lowest BCUT2D eigenvalue weighted by molar-refractivity contribution is 0.510. The molecule has 0 unspecified atom stereocenters. The van der Waals surface area contributed by atoms with Crippen molar-refractivity contribution >= 4 is 23.2 Å². The maximum absolute atomic E-state index is 6.04. The second-order valence-corrected chi connectivity index (χ2v) is 4.69. The van der Waals surface area contributed by atoms with Crippen LogP contribution in [-0.2, 0) is 0 Å². The summed E-state index contributed by atoms with van der Waals surface area (Å²) in [5.74, 6) is 0.539. The van der Waals surface area contributed by atoms with E-state index in [2.05, 4.69) is 13.8 Å². The molecule has 2 N–H and O–H groups in total. The summed E-state index contributed by atoms with van der Waals surface area (Å²) in [7, 11) is 0. The van der Waals surface area contributed by atoms with Gasteiger partial charge < -0.3 is 5.73 Å². The summed E-state index contributed by atoms with van der Waals surface area (Å²) < 4.78 is 0. The number of benzene rings is 1. The predicted octanol–water partition coefficient (Wildman–Crippen LogP) is 4.04. The molecule has 0 bridgehead atoms. The highest BCUT2D eigenvalue weighted by Gasteiger charge is 2.14. The van der Waals surface area contributed by atoms with E-state index >= 15 is 0 Å². The zero-order valence-corrected chi connectivity index (χ0v) is 9.94. The van der Waals surface area contributed by atoms with Crippen LogP contribution in [-0.4, -0.2) is 0 Å². The molecule has 0 amide bonds. The van der Waals surface area contributed by atoms with Gasteiger partial charge in [0.05, 0.1) is 0 Å². The van der Waals surface area contributed by atoms with E-state index < -0.39 is 0 Å². The summed E-state index contributed by atoms with van der Waals surface area (Å²) in [5, 5.41) is 1.32. The maximum Gasteiger partial charge on any atom is 0.0468 e. The van der Waals surface area contributed by atoms with Crippen LogP contribution in [0.15, 0.2) is 18.2 Å². The average molecular weight is 232 g/mol. The topological polar surface area (TPSA) is 26.0 Å². The molecule has 3 heteroatoms. The Morgan fingerprint density at radius 1 is 1.21 bits per heavy atom. The monoisotopic (exact) mass is 231 g/mol. The molecule has 0 fully saturated rings. The first kappa shape index (κ1) is 11.8. The lowest BCUT2D eigenvalue weighted by atomic mass is 9.98. The third-order valence-corrected chi connectivity index (χ3v) is 2.76. The Kier molecular flexibility index (Phi) is 4.24. The SMILES string of the molecule is CC(C)C[C@@H](N)c1c(Cl)cccc1Cl. The molecule has 1 atom stereocenters. The third kappa shape index (κ3) is 2.88. The van der Waals surface area contributed by atoms with E-state index in [0.717, 1.165) is 12.0 Å². The first-order chi connectivity index (χ1) is 6.52. The Morgan fingerprint density at radius 2 is 1.71 bits per heavy atom. The van der Waals surface area contributed by atoms with Crippen molar-refractivity contribution in [3.05, 3.63) is 33.8 Å². The molecule has 0 saturated carbocycles. The number of hydrogen-bond donors (Lipinski definition) is 1. The highest BCUT2D eigenvalue weighted by Crippen LogP contribution is 2.31. The normalized spacial score (nSPS) is 13.3. The second-order valence-electron chi connectivity index (χ2n) is 3.87. The molecule has 0 spiro atoms. The number of hydrogen-bond acceptors (Lipinski definition) is 1. The molecule has 0 aliphatic rings. The molecule has 0 aliphatic heterocycles. The molecule has 1 rings (SSSR count). The van der Waals surface area contributed by atoms with Crippen molar-refractivity contribution in [2.75, 3.05) is 0 Å². The molecule has 0 aromatic heterocycles. The summed E-state index contributed by atoms with van der Waals surface area (Å²) in [5.41, 5.74) is 6.89. The summed E-state index contributed by atoms with van der Waals surface area (Å²) in [6, 6.07) is 5.40. The Bertz CT molecular complexity index is 290. The molecule has 0 heterocycles. The van der Waals surface area contributed by atoms with E-state index in [9.17, 15) is 0 Å². The Labute approximate surface area is 95.2 Å². The van der Waals surface area contributed by atoms with Crippen LogP contribution in [0.25, 0.3) is 0 Å². The number of rotatable bonds is 3. The van der Waals surface area contributed by atoms with E-state index in [1.54, 1.807) is 0 Å². The van der Waals surface area contributed by atoms with Crippen molar-refractivity contribution in [2.24, 2.45) is 11.7 Å². The lowest BCUT2D eigenvalue weighted by Crippen LogP contribution is -2.13. The van der Waals surface area contributed by atoms with E-state index in [1.165, 1.54) is 0 Å². The first-order valence-electron chi connectivity index (χ1n) is 4.72. The molecule has 0 radical (unpaired) electrons. The fraction of sp³-hybridized carbons (Fsp3) is 0.455. The summed E-state index contributed by atoms with van der Waals surface area (Å²) in [4.78, 5) is 0. The lowest BCUT2D eigenvalue weighted by Gasteiger charge is -2.17. The van der Waals surface area contributed by atoms with Crippen molar-refractivity contribution in [3.8, 4) is 0 Å². The predicted molar refractivity (Wildman–Crippen MR) is 62.8 cm³/mol. The van der Waals surface area contributed by atoms with Gasteiger partial charge in [0.25, 0.3) is 0 Å². The number of nitrogens with two attached hydrogens (primary N) is 1. The van der Waals surface area contributed by atoms with Crippen molar-refractivity contribution < 1.29 is 0 Å². The van der Waals surface area contributed by atoms with Crippen LogP contribution in [0.3, 0.4) is 0 Å². The minimum atomic E-state index is -0.0730. The Morgan fingerprint density at radius 3 is 2.14 bits per heavy atom. The number of halogens is 2. The zero-order valence-electron chi connectivity index (χ0n) is 8.43. The van der Waals surface area contributed by atoms with Crippen LogP contribution in [0.1, 0.15) is 31.9 Å². The summed E-state index contributed by atoms with van der Waals surface area (Å²) >= 11 is 12.1. The maximum atomic E-state index is 6.04. The minimum absolute atomic E-state index is 0.0730. The first-order valence-corrected chi connectivity index (χ1v) is 5.47. The van der Waals surface area contributed by atoms with E-state index in [4.69, 9.17) is 28.9 Å². The van der Waals surface area contributed by atoms with Crippen LogP contribution in [0, 0.1) is 5.92 Å². The van der Waals surface area contributed by atoms with Gasteiger partial charge in [0, 0.05) is 21.7 Å². The Balaban J connectivity index is 2.94. The van der Waals surface area contributed by atoms with Crippen LogP contribution >= 0.6 is 23.2 Å². The van der Waals surface area contributed by atoms with Crippen LogP contribution in [0.5, 0.6) is 0 Å². The van der Waals surface area contributed by atoms with Crippen LogP contribution in [0.2, 0.25) is 10.0 Å². The van der Waals surface area contributed by atoms with Crippen molar-refractivity contribution in [3.63, 3.8) is 0 Å². The van der Waals surface area contributed by atoms with Gasteiger partial charge in [-0.3, -0.25) is 0 Å². The highest BCUT2D eigenvalue weighted by molar-refractivity contribution is 6.36. The van der Waals surface area contributed by atoms with Gasteiger partial charge in [-0.05, 0) is 24.5 Å². The van der Waals surface area contributed by atoms with E-state index in [1.807, 2.05) is 18.2 Å². The van der Waals surface area contributed by atoms with Crippen molar-refractivity contribution in [2.45, 2.75) is 26.3 Å². The van der Waals surface area contributed by atoms with Crippen LogP contribution in [0.4, 0.5) is 0 Å². The smallest absolute Gasteiger partial charge is 0.0468 e. The van der Waals surface area contributed by atoms with Gasteiger partial charge in [0.15, 0.2) is 0 Å². The molecule has 0 aliphatic carbocycles. The molecule has 14 heavy (non-hydrogen) atoms. The molecular weight excluding hydrogens is 217 g/mol. The van der Waals surface area contributed by atoms with Gasteiger partial charge >= 0.3 is 0 Å². The molecule has 78 valence electrons. The van der Waals surface area contributed by atoms with Crippen molar-refractivity contribution in [1.29, 1.82) is 0 Å². The van der Waals surface area contributed by atoms with Gasteiger partial charge in [-0.25, -0.2) is 0 Å². The highest BCUT2D eigenvalue weighted by atomic mass is 35.5. The minimum Gasteiger partial charge on any atom is -0.324 e. The molecule has 1 aromatic rings. The average Bonchev–Trinajstić information content (AvgIpc) is 2.01. The molecule has 1 aromatic carbocycles. The van der Waals surface area contributed by atoms with Gasteiger partial charge in [0.1, 0.15) is 0 Å². The Hall–Kier alpha value is -0.240. The molecule has 1 nitrogen and oxygen atoms in total. The molecule has 0 saturated heterocycles. The fourth-order valence-electron chi connectivity index (χ4n) is 1.49. The third-order valence-electron chi connectivity index (χ3n) is 2.10. The van der Waals surface area contributed by atoms with Crippen molar-refractivity contribution in [1.82, 2.24) is 0 Å². The molecular formula is C11H15Cl2N. The standard InChI is InChI=1S/C11H15Cl2N/c1-7(2)6-10(14)11-8(12)4-3-5-9(11)13/h3-5,7,10H,6,14H2,1-2H3/t10-/m1/s1. The fourth-order valence-corrected chi connectivity index (χ4v) is 2.17. The van der Waals surface area contributed by atoms with Gasteiger partial charge in [-0.2, -0.15) is 0 Å². The van der Waals surface area contributed by atoms with Gasteiger partial charge in [-0.1, -0.05) is 43.1 Å². The summed E-state index contributed by atoms with van der Waals surface area (Å²) in [6.45, 7) is 4.26. The van der Waals surface area contributed by atoms with E-state index in [-0.39, 0.29) is 6.04 Å².